The number of fused-ring (bicyclic) bond motifs is 1. The number of carbonyl (C=O) groups excluding carboxylic acids is 1. The number of ether oxygens (including phenoxy) is 2. The van der Waals surface area contributed by atoms with Gasteiger partial charge in [-0.15, -0.1) is 0 Å². The molecule has 0 saturated heterocycles. The van der Waals surface area contributed by atoms with Gasteiger partial charge in [-0.2, -0.15) is 0 Å². The maximum absolute atomic E-state index is 12.1. The predicted octanol–water partition coefficient (Wildman–Crippen LogP) is 5.78. The van der Waals surface area contributed by atoms with Crippen LogP contribution in [0.2, 0.25) is 0 Å². The van der Waals surface area contributed by atoms with E-state index in [-0.39, 0.29) is 11.8 Å². The molecule has 0 saturated carbocycles. The molecule has 3 rings (SSSR count). The standard InChI is InChI=1S/C28H39N3O3/c1-4-22(5-2)28(32)29-19-10-6-7-14-27-30-25-12-8-9-13-26(25)31(27)20-11-21-34-24-17-15-23(33-3)16-18-24/h8-9,12-13,15-18,22H,4-7,10-11,14,19-21H2,1-3H3,(H,29,32). The van der Waals surface area contributed by atoms with Gasteiger partial charge in [-0.05, 0) is 68.5 Å². The first kappa shape index (κ1) is 25.6. The van der Waals surface area contributed by atoms with Crippen LogP contribution in [-0.2, 0) is 17.8 Å². The van der Waals surface area contributed by atoms with Crippen molar-refractivity contribution in [3.63, 3.8) is 0 Å². The van der Waals surface area contributed by atoms with Gasteiger partial charge in [0, 0.05) is 25.4 Å². The van der Waals surface area contributed by atoms with Gasteiger partial charge in [-0.1, -0.05) is 32.4 Å². The van der Waals surface area contributed by atoms with Gasteiger partial charge >= 0.3 is 0 Å². The highest BCUT2D eigenvalue weighted by atomic mass is 16.5. The molecular weight excluding hydrogens is 426 g/mol. The van der Waals surface area contributed by atoms with Gasteiger partial charge in [-0.25, -0.2) is 4.98 Å². The molecule has 0 bridgehead atoms. The molecule has 3 aromatic rings. The lowest BCUT2D eigenvalue weighted by atomic mass is 10.0. The summed E-state index contributed by atoms with van der Waals surface area (Å²) >= 11 is 0. The molecule has 6 heteroatoms. The van der Waals surface area contributed by atoms with Crippen molar-refractivity contribution in [3.8, 4) is 11.5 Å². The summed E-state index contributed by atoms with van der Waals surface area (Å²) in [5.74, 6) is 3.16. The first-order chi connectivity index (χ1) is 16.7. The summed E-state index contributed by atoms with van der Waals surface area (Å²) in [7, 11) is 1.66. The third kappa shape index (κ3) is 7.24. The Morgan fingerprint density at radius 3 is 2.44 bits per heavy atom. The highest BCUT2D eigenvalue weighted by Crippen LogP contribution is 2.20. The van der Waals surface area contributed by atoms with Gasteiger partial charge in [0.2, 0.25) is 5.91 Å². The molecule has 2 aromatic carbocycles. The van der Waals surface area contributed by atoms with E-state index in [9.17, 15) is 4.79 Å². The highest BCUT2D eigenvalue weighted by Gasteiger charge is 2.13. The van der Waals surface area contributed by atoms with Crippen LogP contribution < -0.4 is 14.8 Å². The predicted molar refractivity (Wildman–Crippen MR) is 137 cm³/mol. The van der Waals surface area contributed by atoms with E-state index in [2.05, 4.69) is 41.9 Å². The Balaban J connectivity index is 1.46. The molecule has 0 atom stereocenters. The van der Waals surface area contributed by atoms with Gasteiger partial charge in [0.05, 0.1) is 24.8 Å². The van der Waals surface area contributed by atoms with Gasteiger partial charge in [-0.3, -0.25) is 4.79 Å². The number of methoxy groups -OCH3 is 1. The van der Waals surface area contributed by atoms with Crippen LogP contribution in [0.4, 0.5) is 0 Å². The smallest absolute Gasteiger partial charge is 0.223 e. The third-order valence-electron chi connectivity index (χ3n) is 6.32. The van der Waals surface area contributed by atoms with Crippen LogP contribution >= 0.6 is 0 Å². The van der Waals surface area contributed by atoms with E-state index < -0.39 is 0 Å². The van der Waals surface area contributed by atoms with E-state index >= 15 is 0 Å². The summed E-state index contributed by atoms with van der Waals surface area (Å²) in [5.41, 5.74) is 2.23. The number of para-hydroxylation sites is 2. The monoisotopic (exact) mass is 465 g/mol. The summed E-state index contributed by atoms with van der Waals surface area (Å²) in [6.45, 7) is 6.43. The fourth-order valence-corrected chi connectivity index (χ4v) is 4.25. The van der Waals surface area contributed by atoms with Gasteiger partial charge < -0.3 is 19.4 Å². The number of imidazole rings is 1. The number of amides is 1. The van der Waals surface area contributed by atoms with Crippen LogP contribution in [0.1, 0.15) is 58.2 Å². The average molecular weight is 466 g/mol. The zero-order chi connectivity index (χ0) is 24.2. The quantitative estimate of drug-likeness (QED) is 0.289. The molecular formula is C28H39N3O3. The third-order valence-corrected chi connectivity index (χ3v) is 6.32. The summed E-state index contributed by atoms with van der Waals surface area (Å²) in [5, 5.41) is 3.09. The zero-order valence-electron chi connectivity index (χ0n) is 20.9. The number of hydrogen-bond donors (Lipinski definition) is 1. The lowest BCUT2D eigenvalue weighted by Crippen LogP contribution is -2.30. The molecule has 1 amide bonds. The maximum atomic E-state index is 12.1. The van der Waals surface area contributed by atoms with E-state index in [4.69, 9.17) is 14.5 Å². The molecule has 0 aliphatic heterocycles. The molecule has 0 aliphatic carbocycles. The van der Waals surface area contributed by atoms with Crippen LogP contribution in [0.25, 0.3) is 11.0 Å². The first-order valence-electron chi connectivity index (χ1n) is 12.6. The fraction of sp³-hybridized carbons (Fsp3) is 0.500. The van der Waals surface area contributed by atoms with Crippen molar-refractivity contribution < 1.29 is 14.3 Å². The number of unbranched alkanes of at least 4 members (excludes halogenated alkanes) is 2. The molecule has 0 aliphatic rings. The minimum Gasteiger partial charge on any atom is -0.497 e. The van der Waals surface area contributed by atoms with Gasteiger partial charge in [0.1, 0.15) is 17.3 Å². The Morgan fingerprint density at radius 1 is 0.971 bits per heavy atom. The number of nitrogens with one attached hydrogen (secondary N) is 1. The van der Waals surface area contributed by atoms with E-state index in [1.54, 1.807) is 7.11 Å². The Labute approximate surface area is 203 Å². The van der Waals surface area contributed by atoms with Crippen molar-refractivity contribution >= 4 is 16.9 Å². The molecule has 6 nitrogen and oxygen atoms in total. The molecule has 184 valence electrons. The zero-order valence-corrected chi connectivity index (χ0v) is 20.9. The van der Waals surface area contributed by atoms with E-state index in [0.717, 1.165) is 80.9 Å². The van der Waals surface area contributed by atoms with Crippen molar-refractivity contribution in [3.05, 3.63) is 54.4 Å². The first-order valence-corrected chi connectivity index (χ1v) is 12.6. The summed E-state index contributed by atoms with van der Waals surface area (Å²) in [6.07, 6.45) is 6.80. The van der Waals surface area contributed by atoms with E-state index in [0.29, 0.717) is 6.61 Å². The SMILES string of the molecule is CCC(CC)C(=O)NCCCCCc1nc2ccccc2n1CCCOc1ccc(OC)cc1. The summed E-state index contributed by atoms with van der Waals surface area (Å²) < 4.78 is 13.4. The Kier molecular flexibility index (Phi) is 10.3. The molecule has 0 unspecified atom stereocenters. The minimum absolute atomic E-state index is 0.147. The molecule has 0 radical (unpaired) electrons. The number of hydrogen-bond acceptors (Lipinski definition) is 4. The second-order valence-corrected chi connectivity index (χ2v) is 8.66. The van der Waals surface area contributed by atoms with E-state index in [1.165, 1.54) is 5.52 Å². The van der Waals surface area contributed by atoms with Gasteiger partial charge in [0.15, 0.2) is 0 Å². The molecule has 1 heterocycles. The Morgan fingerprint density at radius 2 is 1.71 bits per heavy atom. The van der Waals surface area contributed by atoms with Crippen molar-refractivity contribution in [2.24, 2.45) is 5.92 Å². The Bertz CT molecular complexity index is 1010. The van der Waals surface area contributed by atoms with Crippen molar-refractivity contribution in [1.82, 2.24) is 14.9 Å². The molecule has 1 aromatic heterocycles. The average Bonchev–Trinajstić information content (AvgIpc) is 3.22. The molecule has 1 N–H and O–H groups in total. The fourth-order valence-electron chi connectivity index (χ4n) is 4.25. The topological polar surface area (TPSA) is 65.4 Å². The molecule has 34 heavy (non-hydrogen) atoms. The van der Waals surface area contributed by atoms with Crippen LogP contribution in [0.5, 0.6) is 11.5 Å². The maximum Gasteiger partial charge on any atom is 0.223 e. The molecule has 0 spiro atoms. The lowest BCUT2D eigenvalue weighted by Gasteiger charge is -2.13. The summed E-state index contributed by atoms with van der Waals surface area (Å²) in [4.78, 5) is 17.0. The minimum atomic E-state index is 0.147. The second kappa shape index (κ2) is 13.6. The number of rotatable bonds is 15. The number of nitrogens with zero attached hydrogens (tertiary/aromatic N) is 2. The van der Waals surface area contributed by atoms with Crippen molar-refractivity contribution in [1.29, 1.82) is 0 Å². The van der Waals surface area contributed by atoms with Crippen molar-refractivity contribution in [2.75, 3.05) is 20.3 Å². The number of carbonyl (C=O) groups is 1. The normalized spacial score (nSPS) is 11.2. The number of aromatic nitrogens is 2. The number of aryl methyl sites for hydroxylation is 2. The van der Waals surface area contributed by atoms with Crippen molar-refractivity contribution in [2.45, 2.75) is 65.3 Å². The largest absolute Gasteiger partial charge is 0.497 e. The van der Waals surface area contributed by atoms with E-state index in [1.807, 2.05) is 30.3 Å². The molecule has 0 fully saturated rings. The van der Waals surface area contributed by atoms with Crippen LogP contribution in [0.3, 0.4) is 0 Å². The lowest BCUT2D eigenvalue weighted by molar-refractivity contribution is -0.125. The summed E-state index contributed by atoms with van der Waals surface area (Å²) in [6, 6.07) is 16.0. The van der Waals surface area contributed by atoms with Crippen LogP contribution in [0, 0.1) is 5.92 Å². The van der Waals surface area contributed by atoms with Crippen LogP contribution in [-0.4, -0.2) is 35.7 Å². The number of benzene rings is 2. The highest BCUT2D eigenvalue weighted by molar-refractivity contribution is 5.78. The van der Waals surface area contributed by atoms with Gasteiger partial charge in [0.25, 0.3) is 0 Å². The second-order valence-electron chi connectivity index (χ2n) is 8.66. The Hall–Kier alpha value is -3.02. The van der Waals surface area contributed by atoms with Crippen LogP contribution in [0.15, 0.2) is 48.5 Å².